The van der Waals surface area contributed by atoms with Gasteiger partial charge >= 0.3 is 0 Å². The van der Waals surface area contributed by atoms with Gasteiger partial charge in [-0.1, -0.05) is 79.9 Å². The van der Waals surface area contributed by atoms with Crippen LogP contribution in [0.3, 0.4) is 0 Å². The predicted molar refractivity (Wildman–Crippen MR) is 241 cm³/mol. The van der Waals surface area contributed by atoms with Crippen LogP contribution < -0.4 is 10.6 Å². The zero-order valence-corrected chi connectivity index (χ0v) is 34.0. The average molecular weight is 817 g/mol. The number of anilines is 3. The summed E-state index contributed by atoms with van der Waals surface area (Å²) in [4.78, 5) is 42.8. The van der Waals surface area contributed by atoms with Gasteiger partial charge in [-0.05, 0) is 90.1 Å². The van der Waals surface area contributed by atoms with Crippen molar-refractivity contribution in [2.24, 2.45) is 0 Å². The van der Waals surface area contributed by atoms with Crippen molar-refractivity contribution in [3.05, 3.63) is 211 Å². The van der Waals surface area contributed by atoms with Crippen molar-refractivity contribution < 1.29 is 9.59 Å². The van der Waals surface area contributed by atoms with Crippen LogP contribution in [0, 0.1) is 0 Å². The van der Waals surface area contributed by atoms with Crippen LogP contribution in [0.25, 0.3) is 12.2 Å². The van der Waals surface area contributed by atoms with Crippen molar-refractivity contribution in [3.8, 4) is 0 Å². The van der Waals surface area contributed by atoms with Gasteiger partial charge in [-0.3, -0.25) is 29.5 Å². The average Bonchev–Trinajstić information content (AvgIpc) is 3.88. The van der Waals surface area contributed by atoms with Gasteiger partial charge in [0, 0.05) is 96.1 Å². The molecule has 0 radical (unpaired) electrons. The van der Waals surface area contributed by atoms with E-state index in [0.29, 0.717) is 24.7 Å². The Morgan fingerprint density at radius 3 is 1.42 bits per heavy atom. The first-order chi connectivity index (χ1) is 30.4. The molecule has 7 aromatic rings. The van der Waals surface area contributed by atoms with E-state index in [-0.39, 0.29) is 11.8 Å². The molecule has 1 fully saturated rings. The molecule has 0 amide bonds. The molecule has 12 heteroatoms. The lowest BCUT2D eigenvalue weighted by Crippen LogP contribution is -2.32. The maximum atomic E-state index is 12.7. The molecule has 1 aromatic carbocycles. The van der Waals surface area contributed by atoms with E-state index in [2.05, 4.69) is 96.4 Å². The molecule has 62 heavy (non-hydrogen) atoms. The summed E-state index contributed by atoms with van der Waals surface area (Å²) in [6, 6.07) is 26.2. The molecular weight excluding hydrogens is 773 g/mol. The summed E-state index contributed by atoms with van der Waals surface area (Å²) < 4.78 is 2.94. The SMILES string of the molecule is C=CC(=O)n1nc(NC2CCC2)c2c1CC(c1cccnc1)(c1cccnc1)C=C2.C=CC(=O)n1nc(Nc2ccccc2)c2c1CC(c1cccnc1)(c1cccnc1)C=C2. The van der Waals surface area contributed by atoms with Crippen LogP contribution in [-0.4, -0.2) is 57.4 Å². The maximum Gasteiger partial charge on any atom is 0.270 e. The van der Waals surface area contributed by atoms with Crippen molar-refractivity contribution in [1.29, 1.82) is 0 Å². The Labute approximate surface area is 359 Å². The molecule has 3 aliphatic rings. The first-order valence-electron chi connectivity index (χ1n) is 20.6. The van der Waals surface area contributed by atoms with Crippen LogP contribution in [0.4, 0.5) is 17.3 Å². The van der Waals surface area contributed by atoms with Gasteiger partial charge in [-0.25, -0.2) is 0 Å². The number of allylic oxidation sites excluding steroid dienone is 4. The minimum Gasteiger partial charge on any atom is -0.365 e. The predicted octanol–water partition coefficient (Wildman–Crippen LogP) is 8.82. The summed E-state index contributed by atoms with van der Waals surface area (Å²) >= 11 is 0. The molecular formula is C50H44N10O2. The van der Waals surface area contributed by atoms with Crippen molar-refractivity contribution in [2.45, 2.75) is 49.0 Å². The number of nitrogens with zero attached hydrogens (tertiary/aromatic N) is 8. The van der Waals surface area contributed by atoms with E-state index in [1.165, 1.54) is 27.9 Å². The van der Waals surface area contributed by atoms with E-state index in [1.807, 2.05) is 85.5 Å². The Morgan fingerprint density at radius 2 is 1.03 bits per heavy atom. The zero-order valence-electron chi connectivity index (χ0n) is 34.0. The highest BCUT2D eigenvalue weighted by atomic mass is 16.2. The Balaban J connectivity index is 0.000000158. The summed E-state index contributed by atoms with van der Waals surface area (Å²) in [5, 5.41) is 16.1. The van der Waals surface area contributed by atoms with Crippen molar-refractivity contribution in [1.82, 2.24) is 39.5 Å². The molecule has 0 bridgehead atoms. The molecule has 2 N–H and O–H groups in total. The molecule has 0 unspecified atom stereocenters. The number of carbonyl (C=O) groups excluding carboxylic acids is 2. The van der Waals surface area contributed by atoms with Gasteiger partial charge in [0.1, 0.15) is 0 Å². The summed E-state index contributed by atoms with van der Waals surface area (Å²) in [5.41, 5.74) is 7.56. The van der Waals surface area contributed by atoms with Crippen LogP contribution in [0.5, 0.6) is 0 Å². The molecule has 1 saturated carbocycles. The smallest absolute Gasteiger partial charge is 0.270 e. The first kappa shape index (κ1) is 39.6. The lowest BCUT2D eigenvalue weighted by Gasteiger charge is -2.34. The minimum atomic E-state index is -0.529. The van der Waals surface area contributed by atoms with Gasteiger partial charge in [-0.2, -0.15) is 9.36 Å². The fraction of sp³-hybridized carbons (Fsp3) is 0.160. The first-order valence-corrected chi connectivity index (χ1v) is 20.6. The second-order valence-corrected chi connectivity index (χ2v) is 15.5. The lowest BCUT2D eigenvalue weighted by atomic mass is 9.69. The fourth-order valence-corrected chi connectivity index (χ4v) is 8.49. The molecule has 0 spiro atoms. The molecule has 6 aromatic heterocycles. The molecule has 3 aliphatic carbocycles. The second kappa shape index (κ2) is 17.0. The highest BCUT2D eigenvalue weighted by Crippen LogP contribution is 2.45. The Kier molecular flexibility index (Phi) is 10.9. The topological polar surface area (TPSA) is 145 Å². The van der Waals surface area contributed by atoms with E-state index in [1.54, 1.807) is 24.8 Å². The Bertz CT molecular complexity index is 2720. The van der Waals surface area contributed by atoms with E-state index in [4.69, 9.17) is 0 Å². The number of pyridine rings is 4. The quantitative estimate of drug-likeness (QED) is 0.129. The number of benzene rings is 1. The second-order valence-electron chi connectivity index (χ2n) is 15.5. The third kappa shape index (κ3) is 7.36. The van der Waals surface area contributed by atoms with Gasteiger partial charge in [0.2, 0.25) is 0 Å². The van der Waals surface area contributed by atoms with Gasteiger partial charge in [0.15, 0.2) is 11.6 Å². The number of hydrogen-bond acceptors (Lipinski definition) is 10. The van der Waals surface area contributed by atoms with Crippen molar-refractivity contribution in [2.75, 3.05) is 10.6 Å². The van der Waals surface area contributed by atoms with Crippen molar-refractivity contribution >= 4 is 41.3 Å². The van der Waals surface area contributed by atoms with E-state index in [0.717, 1.165) is 69.1 Å². The van der Waals surface area contributed by atoms with E-state index >= 15 is 0 Å². The number of para-hydroxylation sites is 1. The highest BCUT2D eigenvalue weighted by Gasteiger charge is 2.40. The highest BCUT2D eigenvalue weighted by molar-refractivity contribution is 5.92. The van der Waals surface area contributed by atoms with Crippen LogP contribution >= 0.6 is 0 Å². The minimum absolute atomic E-state index is 0.227. The number of carbonyl (C=O) groups is 2. The van der Waals surface area contributed by atoms with E-state index < -0.39 is 10.8 Å². The standard InChI is InChI=1S/C26H21N5O.C24H23N5O/c1-2-24(32)31-23-16-26(19-8-6-14-27-17-19,20-9-7-15-28-18-20)13-12-22(23)25(30-31)29-21-10-4-3-5-11-21;1-2-22(30)29-21-14-24(17-6-4-12-25-15-17,18-7-5-13-26-16-18)11-10-20(21)23(28-29)27-19-8-3-9-19/h2-15,17-18H,1,16H2,(H,29,30);2,4-7,10-13,15-16,19H,1,3,8-9,14H2,(H,27,28). The number of rotatable bonds is 10. The molecule has 0 atom stereocenters. The number of fused-ring (bicyclic) bond motifs is 2. The molecule has 306 valence electrons. The molecule has 10 rings (SSSR count). The van der Waals surface area contributed by atoms with Crippen molar-refractivity contribution in [3.63, 3.8) is 0 Å². The lowest BCUT2D eigenvalue weighted by molar-refractivity contribution is 0.0942. The molecule has 12 nitrogen and oxygen atoms in total. The monoisotopic (exact) mass is 816 g/mol. The largest absolute Gasteiger partial charge is 0.365 e. The third-order valence-corrected chi connectivity index (χ3v) is 12.0. The Hall–Kier alpha value is -7.86. The van der Waals surface area contributed by atoms with Gasteiger partial charge < -0.3 is 10.6 Å². The number of aromatic nitrogens is 8. The van der Waals surface area contributed by atoms with Crippen LogP contribution in [0.1, 0.15) is 73.6 Å². The molecule has 0 aliphatic heterocycles. The molecule has 6 heterocycles. The normalized spacial score (nSPS) is 15.4. The van der Waals surface area contributed by atoms with Crippen LogP contribution in [0.2, 0.25) is 0 Å². The summed E-state index contributed by atoms with van der Waals surface area (Å²) in [5.74, 6) is 0.897. The van der Waals surface area contributed by atoms with Gasteiger partial charge in [-0.15, -0.1) is 10.2 Å². The van der Waals surface area contributed by atoms with Gasteiger partial charge in [0.25, 0.3) is 11.8 Å². The van der Waals surface area contributed by atoms with Crippen LogP contribution in [-0.2, 0) is 23.7 Å². The maximum absolute atomic E-state index is 12.7. The number of hydrogen-bond donors (Lipinski definition) is 2. The summed E-state index contributed by atoms with van der Waals surface area (Å²) in [6.07, 6.45) is 30.2. The fourth-order valence-electron chi connectivity index (χ4n) is 8.49. The van der Waals surface area contributed by atoms with Gasteiger partial charge in [0.05, 0.1) is 11.4 Å². The van der Waals surface area contributed by atoms with Crippen LogP contribution in [0.15, 0.2) is 166 Å². The zero-order chi connectivity index (χ0) is 42.5. The third-order valence-electron chi connectivity index (χ3n) is 12.0. The van der Waals surface area contributed by atoms with E-state index in [9.17, 15) is 9.59 Å². The molecule has 0 saturated heterocycles. The summed E-state index contributed by atoms with van der Waals surface area (Å²) in [7, 11) is 0. The summed E-state index contributed by atoms with van der Waals surface area (Å²) in [6.45, 7) is 7.33. The Morgan fingerprint density at radius 1 is 0.597 bits per heavy atom. The number of nitrogens with one attached hydrogen (secondary N) is 2.